The number of amides is 2. The molecule has 0 saturated carbocycles. The van der Waals surface area contributed by atoms with Crippen LogP contribution in [0.4, 0.5) is 5.69 Å². The summed E-state index contributed by atoms with van der Waals surface area (Å²) in [5.41, 5.74) is 0.988. The van der Waals surface area contributed by atoms with E-state index in [9.17, 15) is 18.0 Å². The number of aryl methyl sites for hydroxylation is 1. The van der Waals surface area contributed by atoms with Crippen molar-refractivity contribution in [2.24, 2.45) is 0 Å². The standard InChI is InChI=1S/C21H23N3O5S2/c1-14-12-17-18(29-15(2)21(26)22-17)13-19(14)31(27,28)24-9-7-23(8-10-24)20(25)6-5-16-4-3-11-30-16/h3-6,11-13,15H,7-10H2,1-2H3,(H,22,26). The number of benzene rings is 1. The minimum absolute atomic E-state index is 0.131. The molecule has 1 unspecified atom stereocenters. The maximum Gasteiger partial charge on any atom is 0.265 e. The number of sulfonamides is 1. The number of rotatable bonds is 4. The highest BCUT2D eigenvalue weighted by Gasteiger charge is 2.33. The summed E-state index contributed by atoms with van der Waals surface area (Å²) in [7, 11) is -3.77. The van der Waals surface area contributed by atoms with E-state index in [2.05, 4.69) is 5.32 Å². The number of piperazine rings is 1. The van der Waals surface area contributed by atoms with E-state index in [1.807, 2.05) is 17.5 Å². The number of fused-ring (bicyclic) bond motifs is 1. The number of carbonyl (C=O) groups excluding carboxylic acids is 2. The Hall–Kier alpha value is -2.69. The molecule has 2 aliphatic heterocycles. The number of nitrogens with one attached hydrogen (secondary N) is 1. The van der Waals surface area contributed by atoms with Crippen molar-refractivity contribution in [3.05, 3.63) is 46.2 Å². The van der Waals surface area contributed by atoms with Gasteiger partial charge in [-0.2, -0.15) is 4.31 Å². The van der Waals surface area contributed by atoms with Crippen molar-refractivity contribution in [1.29, 1.82) is 0 Å². The quantitative estimate of drug-likeness (QED) is 0.705. The molecular weight excluding hydrogens is 438 g/mol. The molecule has 0 aliphatic carbocycles. The Morgan fingerprint density at radius 1 is 1.26 bits per heavy atom. The SMILES string of the molecule is Cc1cc2c(cc1S(=O)(=O)N1CCN(C(=O)C=Cc3cccs3)CC1)OC(C)C(=O)N2. The topological polar surface area (TPSA) is 96.0 Å². The second-order valence-electron chi connectivity index (χ2n) is 7.44. The zero-order chi connectivity index (χ0) is 22.2. The van der Waals surface area contributed by atoms with E-state index in [4.69, 9.17) is 4.74 Å². The first-order valence-corrected chi connectivity index (χ1v) is 12.2. The Morgan fingerprint density at radius 2 is 2.00 bits per heavy atom. The molecule has 2 aromatic rings. The Kier molecular flexibility index (Phi) is 5.87. The summed E-state index contributed by atoms with van der Waals surface area (Å²) in [5, 5.41) is 4.67. The molecule has 1 aromatic heterocycles. The zero-order valence-corrected chi connectivity index (χ0v) is 18.8. The van der Waals surface area contributed by atoms with Crippen molar-refractivity contribution in [2.45, 2.75) is 24.8 Å². The van der Waals surface area contributed by atoms with Gasteiger partial charge in [-0.05, 0) is 43.0 Å². The summed E-state index contributed by atoms with van der Waals surface area (Å²) < 4.78 is 33.5. The minimum atomic E-state index is -3.77. The molecule has 31 heavy (non-hydrogen) atoms. The van der Waals surface area contributed by atoms with Crippen LogP contribution in [-0.2, 0) is 19.6 Å². The molecule has 1 atom stereocenters. The maximum atomic E-state index is 13.3. The lowest BCUT2D eigenvalue weighted by atomic mass is 10.1. The molecule has 2 aliphatic rings. The second kappa shape index (κ2) is 8.45. The molecule has 8 nitrogen and oxygen atoms in total. The smallest absolute Gasteiger partial charge is 0.265 e. The molecule has 3 heterocycles. The van der Waals surface area contributed by atoms with Gasteiger partial charge in [-0.1, -0.05) is 6.07 Å². The van der Waals surface area contributed by atoms with Crippen LogP contribution in [0.3, 0.4) is 0 Å². The Bertz CT molecular complexity index is 1130. The highest BCUT2D eigenvalue weighted by molar-refractivity contribution is 7.89. The number of hydrogen-bond acceptors (Lipinski definition) is 6. The van der Waals surface area contributed by atoms with Crippen molar-refractivity contribution in [2.75, 3.05) is 31.5 Å². The van der Waals surface area contributed by atoms with E-state index >= 15 is 0 Å². The highest BCUT2D eigenvalue weighted by Crippen LogP contribution is 2.35. The Labute approximate surface area is 185 Å². The van der Waals surface area contributed by atoms with Gasteiger partial charge in [-0.3, -0.25) is 9.59 Å². The minimum Gasteiger partial charge on any atom is -0.479 e. The van der Waals surface area contributed by atoms with E-state index in [1.165, 1.54) is 16.4 Å². The van der Waals surface area contributed by atoms with E-state index < -0.39 is 16.1 Å². The van der Waals surface area contributed by atoms with Crippen LogP contribution in [0.1, 0.15) is 17.4 Å². The first-order valence-electron chi connectivity index (χ1n) is 9.88. The lowest BCUT2D eigenvalue weighted by molar-refractivity contribution is -0.127. The Morgan fingerprint density at radius 3 is 2.68 bits per heavy atom. The third-order valence-electron chi connectivity index (χ3n) is 5.31. The molecule has 164 valence electrons. The summed E-state index contributed by atoms with van der Waals surface area (Å²) in [6.45, 7) is 4.36. The summed E-state index contributed by atoms with van der Waals surface area (Å²) in [5.74, 6) is -0.0613. The van der Waals surface area contributed by atoms with Gasteiger partial charge < -0.3 is 15.0 Å². The molecule has 0 bridgehead atoms. The van der Waals surface area contributed by atoms with Crippen LogP contribution in [0.2, 0.25) is 0 Å². The van der Waals surface area contributed by atoms with E-state index in [0.29, 0.717) is 30.1 Å². The normalized spacial score (nSPS) is 19.7. The lowest BCUT2D eigenvalue weighted by Gasteiger charge is -2.34. The van der Waals surface area contributed by atoms with Gasteiger partial charge >= 0.3 is 0 Å². The summed E-state index contributed by atoms with van der Waals surface area (Å²) >= 11 is 1.55. The van der Waals surface area contributed by atoms with Gasteiger partial charge in [0.1, 0.15) is 5.75 Å². The van der Waals surface area contributed by atoms with Crippen LogP contribution in [-0.4, -0.2) is 61.7 Å². The van der Waals surface area contributed by atoms with Crippen LogP contribution >= 0.6 is 11.3 Å². The third kappa shape index (κ3) is 4.36. The van der Waals surface area contributed by atoms with Crippen molar-refractivity contribution in [3.63, 3.8) is 0 Å². The predicted molar refractivity (Wildman–Crippen MR) is 119 cm³/mol. The molecule has 1 saturated heterocycles. The third-order valence-corrected chi connectivity index (χ3v) is 8.19. The van der Waals surface area contributed by atoms with Crippen LogP contribution in [0.5, 0.6) is 5.75 Å². The van der Waals surface area contributed by atoms with Crippen LogP contribution in [0.15, 0.2) is 40.6 Å². The average Bonchev–Trinajstić information content (AvgIpc) is 3.26. The van der Waals surface area contributed by atoms with Gasteiger partial charge in [0.25, 0.3) is 5.91 Å². The molecule has 2 amide bonds. The molecule has 1 N–H and O–H groups in total. The zero-order valence-electron chi connectivity index (χ0n) is 17.2. The van der Waals surface area contributed by atoms with Gasteiger partial charge in [-0.15, -0.1) is 11.3 Å². The van der Waals surface area contributed by atoms with E-state index in [0.717, 1.165) is 4.88 Å². The van der Waals surface area contributed by atoms with Crippen LogP contribution < -0.4 is 10.1 Å². The fourth-order valence-electron chi connectivity index (χ4n) is 3.55. The van der Waals surface area contributed by atoms with Gasteiger partial charge in [-0.25, -0.2) is 8.42 Å². The van der Waals surface area contributed by atoms with Crippen LogP contribution in [0.25, 0.3) is 6.08 Å². The number of nitrogens with zero attached hydrogens (tertiary/aromatic N) is 2. The number of hydrogen-bond donors (Lipinski definition) is 1. The number of thiophene rings is 1. The first kappa shape index (κ1) is 21.5. The highest BCUT2D eigenvalue weighted by atomic mass is 32.2. The van der Waals surface area contributed by atoms with Crippen molar-refractivity contribution in [3.8, 4) is 5.75 Å². The monoisotopic (exact) mass is 461 g/mol. The van der Waals surface area contributed by atoms with Crippen molar-refractivity contribution >= 4 is 44.9 Å². The van der Waals surface area contributed by atoms with E-state index in [1.54, 1.807) is 42.2 Å². The van der Waals surface area contributed by atoms with Gasteiger partial charge in [0.15, 0.2) is 6.10 Å². The maximum absolute atomic E-state index is 13.3. The predicted octanol–water partition coefficient (Wildman–Crippen LogP) is 2.32. The first-order chi connectivity index (χ1) is 14.8. The number of anilines is 1. The number of ether oxygens (including phenoxy) is 1. The largest absolute Gasteiger partial charge is 0.479 e. The Balaban J connectivity index is 1.46. The second-order valence-corrected chi connectivity index (χ2v) is 10.3. The number of carbonyl (C=O) groups is 2. The molecule has 1 aromatic carbocycles. The van der Waals surface area contributed by atoms with Gasteiger partial charge in [0.2, 0.25) is 15.9 Å². The summed E-state index contributed by atoms with van der Waals surface area (Å²) in [6.07, 6.45) is 2.60. The molecular formula is C21H23N3O5S2. The van der Waals surface area contributed by atoms with Gasteiger partial charge in [0.05, 0.1) is 10.6 Å². The molecule has 4 rings (SSSR count). The fraction of sp³-hybridized carbons (Fsp3) is 0.333. The lowest BCUT2D eigenvalue weighted by Crippen LogP contribution is -2.50. The van der Waals surface area contributed by atoms with Crippen molar-refractivity contribution < 1.29 is 22.7 Å². The summed E-state index contributed by atoms with van der Waals surface area (Å²) in [4.78, 5) is 27.0. The molecule has 0 spiro atoms. The summed E-state index contributed by atoms with van der Waals surface area (Å²) in [6, 6.07) is 6.93. The molecule has 10 heteroatoms. The van der Waals surface area contributed by atoms with Crippen molar-refractivity contribution in [1.82, 2.24) is 9.21 Å². The molecule has 1 fully saturated rings. The van der Waals surface area contributed by atoms with Gasteiger partial charge in [0, 0.05) is 43.2 Å². The average molecular weight is 462 g/mol. The van der Waals surface area contributed by atoms with E-state index in [-0.39, 0.29) is 29.8 Å². The van der Waals surface area contributed by atoms with Crippen LogP contribution in [0, 0.1) is 6.92 Å². The molecule has 0 radical (unpaired) electrons. The fourth-order valence-corrected chi connectivity index (χ4v) is 5.82.